The molecule has 0 aliphatic heterocycles. The van der Waals surface area contributed by atoms with Crippen LogP contribution in [-0.4, -0.2) is 37.2 Å². The molecule has 0 rings (SSSR count). The molecule has 6 nitrogen and oxygen atoms in total. The highest BCUT2D eigenvalue weighted by atomic mass is 16.6. The van der Waals surface area contributed by atoms with Crippen molar-refractivity contribution in [1.82, 2.24) is 0 Å². The minimum Gasteiger partial charge on any atom is -0.462 e. The summed E-state index contributed by atoms with van der Waals surface area (Å²) in [6.07, 6.45) is 53.7. The smallest absolute Gasteiger partial charge is 0.306 e. The normalized spacial score (nSPS) is 12.0. The molecule has 0 N–H and O–H groups in total. The van der Waals surface area contributed by atoms with Crippen LogP contribution in [0.3, 0.4) is 0 Å². The van der Waals surface area contributed by atoms with Gasteiger partial charge in [0.2, 0.25) is 0 Å². The Labute approximate surface area is 387 Å². The largest absolute Gasteiger partial charge is 0.462 e. The van der Waals surface area contributed by atoms with Gasteiger partial charge in [-0.1, -0.05) is 278 Å². The fourth-order valence-corrected chi connectivity index (χ4v) is 8.57. The number of hydrogen-bond acceptors (Lipinski definition) is 6. The van der Waals surface area contributed by atoms with Crippen LogP contribution in [0.4, 0.5) is 0 Å². The van der Waals surface area contributed by atoms with Crippen molar-refractivity contribution in [3.63, 3.8) is 0 Å². The predicted octanol–water partition coefficient (Wildman–Crippen LogP) is 18.2. The maximum Gasteiger partial charge on any atom is 0.306 e. The van der Waals surface area contributed by atoms with E-state index in [1.54, 1.807) is 0 Å². The maximum absolute atomic E-state index is 12.8. The maximum atomic E-state index is 12.8. The van der Waals surface area contributed by atoms with Crippen LogP contribution in [0, 0.1) is 5.92 Å². The summed E-state index contributed by atoms with van der Waals surface area (Å²) in [5.74, 6) is 0.00593. The molecule has 0 aromatic heterocycles. The van der Waals surface area contributed by atoms with Gasteiger partial charge in [-0.25, -0.2) is 0 Å². The Balaban J connectivity index is 4.30. The molecule has 0 radical (unpaired) electrons. The van der Waals surface area contributed by atoms with Gasteiger partial charge in [-0.15, -0.1) is 0 Å². The van der Waals surface area contributed by atoms with E-state index in [2.05, 4.69) is 27.7 Å². The molecule has 0 heterocycles. The molecule has 0 fully saturated rings. The van der Waals surface area contributed by atoms with E-state index in [9.17, 15) is 14.4 Å². The Bertz CT molecular complexity index is 933. The summed E-state index contributed by atoms with van der Waals surface area (Å²) in [6, 6.07) is 0. The van der Waals surface area contributed by atoms with Crippen LogP contribution in [0.2, 0.25) is 0 Å². The van der Waals surface area contributed by atoms with Gasteiger partial charge >= 0.3 is 17.9 Å². The van der Waals surface area contributed by atoms with Gasteiger partial charge in [0.05, 0.1) is 0 Å². The van der Waals surface area contributed by atoms with Crippen LogP contribution in [0.15, 0.2) is 0 Å². The highest BCUT2D eigenvalue weighted by Gasteiger charge is 2.19. The number of rotatable bonds is 51. The minimum atomic E-state index is -0.761. The number of ether oxygens (including phenoxy) is 3. The highest BCUT2D eigenvalue weighted by Crippen LogP contribution is 2.18. The van der Waals surface area contributed by atoms with Crippen LogP contribution in [0.5, 0.6) is 0 Å². The molecule has 62 heavy (non-hydrogen) atoms. The molecule has 0 saturated carbocycles. The van der Waals surface area contributed by atoms with Gasteiger partial charge in [0.25, 0.3) is 0 Å². The van der Waals surface area contributed by atoms with E-state index in [1.807, 2.05) is 0 Å². The molecular weight excluding hydrogens is 769 g/mol. The number of carbonyl (C=O) groups is 3. The zero-order valence-electron chi connectivity index (χ0n) is 42.3. The first-order valence-corrected chi connectivity index (χ1v) is 27.9. The molecule has 0 aromatic carbocycles. The summed E-state index contributed by atoms with van der Waals surface area (Å²) in [5, 5.41) is 0. The zero-order valence-corrected chi connectivity index (χ0v) is 42.3. The minimum absolute atomic E-state index is 0.0620. The van der Waals surface area contributed by atoms with Crippen molar-refractivity contribution in [3.8, 4) is 0 Å². The lowest BCUT2D eigenvalue weighted by atomic mass is 10.0. The number of unbranched alkanes of at least 4 members (excludes halogenated alkanes) is 38. The molecule has 0 aliphatic carbocycles. The van der Waals surface area contributed by atoms with Crippen molar-refractivity contribution in [3.05, 3.63) is 0 Å². The van der Waals surface area contributed by atoms with E-state index in [-0.39, 0.29) is 31.1 Å². The van der Waals surface area contributed by atoms with Crippen LogP contribution in [-0.2, 0) is 28.6 Å². The van der Waals surface area contributed by atoms with Crippen molar-refractivity contribution in [2.75, 3.05) is 13.2 Å². The number of carbonyl (C=O) groups excluding carboxylic acids is 3. The van der Waals surface area contributed by atoms with E-state index in [4.69, 9.17) is 14.2 Å². The van der Waals surface area contributed by atoms with Crippen molar-refractivity contribution >= 4 is 17.9 Å². The third-order valence-electron chi connectivity index (χ3n) is 12.8. The summed E-state index contributed by atoms with van der Waals surface area (Å²) < 4.78 is 16.9. The predicted molar refractivity (Wildman–Crippen MR) is 266 cm³/mol. The molecule has 0 saturated heterocycles. The average molecular weight is 877 g/mol. The number of hydrogen-bond donors (Lipinski definition) is 0. The first-order valence-electron chi connectivity index (χ1n) is 27.9. The molecule has 0 spiro atoms. The number of esters is 3. The second-order valence-electron chi connectivity index (χ2n) is 19.7. The molecular formula is C56H108O6. The SMILES string of the molecule is CCCCCCCCCCCCCCCCC(=O)OC[C@H](COC(=O)CCCCCCCCCCCCCCC)OC(=O)CCCCCCCCCCCCCCCCC(C)C. The van der Waals surface area contributed by atoms with Crippen LogP contribution in [0.25, 0.3) is 0 Å². The Morgan fingerprint density at radius 2 is 0.532 bits per heavy atom. The second-order valence-corrected chi connectivity index (χ2v) is 19.7. The topological polar surface area (TPSA) is 78.9 Å². The molecule has 0 bridgehead atoms. The third-order valence-corrected chi connectivity index (χ3v) is 12.8. The van der Waals surface area contributed by atoms with Gasteiger partial charge < -0.3 is 14.2 Å². The molecule has 1 atom stereocenters. The molecule has 0 amide bonds. The quantitative estimate of drug-likeness (QED) is 0.0344. The van der Waals surface area contributed by atoms with Gasteiger partial charge in [0, 0.05) is 19.3 Å². The van der Waals surface area contributed by atoms with Gasteiger partial charge in [0.15, 0.2) is 6.10 Å². The van der Waals surface area contributed by atoms with E-state index in [0.717, 1.165) is 63.7 Å². The van der Waals surface area contributed by atoms with Gasteiger partial charge in [-0.2, -0.15) is 0 Å². The van der Waals surface area contributed by atoms with Crippen LogP contribution >= 0.6 is 0 Å². The lowest BCUT2D eigenvalue weighted by Crippen LogP contribution is -2.30. The van der Waals surface area contributed by atoms with Crippen molar-refractivity contribution in [1.29, 1.82) is 0 Å². The first-order chi connectivity index (χ1) is 30.4. The Morgan fingerprint density at radius 1 is 0.306 bits per heavy atom. The van der Waals surface area contributed by atoms with Gasteiger partial charge in [-0.3, -0.25) is 14.4 Å². The van der Waals surface area contributed by atoms with Crippen molar-refractivity contribution < 1.29 is 28.6 Å². The zero-order chi connectivity index (χ0) is 45.2. The Morgan fingerprint density at radius 3 is 0.790 bits per heavy atom. The van der Waals surface area contributed by atoms with E-state index < -0.39 is 6.10 Å². The Hall–Kier alpha value is -1.59. The fraction of sp³-hybridized carbons (Fsp3) is 0.946. The lowest BCUT2D eigenvalue weighted by molar-refractivity contribution is -0.167. The average Bonchev–Trinajstić information content (AvgIpc) is 3.26. The van der Waals surface area contributed by atoms with Crippen LogP contribution in [0.1, 0.15) is 317 Å². The molecule has 0 aromatic rings. The monoisotopic (exact) mass is 877 g/mol. The second kappa shape index (κ2) is 50.4. The van der Waals surface area contributed by atoms with Crippen molar-refractivity contribution in [2.45, 2.75) is 323 Å². The van der Waals surface area contributed by atoms with Crippen molar-refractivity contribution in [2.24, 2.45) is 5.92 Å². The van der Waals surface area contributed by atoms with Gasteiger partial charge in [0.1, 0.15) is 13.2 Å². The molecule has 6 heteroatoms. The summed E-state index contributed by atoms with van der Waals surface area (Å²) in [5.41, 5.74) is 0. The summed E-state index contributed by atoms with van der Waals surface area (Å²) in [4.78, 5) is 38.1. The first kappa shape index (κ1) is 60.4. The van der Waals surface area contributed by atoms with Gasteiger partial charge in [-0.05, 0) is 25.2 Å². The third kappa shape index (κ3) is 49.4. The standard InChI is InChI=1S/C56H108O6/c1-5-7-9-11-13-15-17-19-24-28-32-36-40-44-48-55(58)61-51-53(50-60-54(57)47-43-39-35-31-27-22-18-16-14-12-10-8-6-2)62-56(59)49-45-41-37-33-29-25-21-20-23-26-30-34-38-42-46-52(3)4/h52-53H,5-51H2,1-4H3/t53-/m0/s1. The summed E-state index contributed by atoms with van der Waals surface area (Å²) >= 11 is 0. The molecule has 0 unspecified atom stereocenters. The van der Waals surface area contributed by atoms with E-state index in [1.165, 1.54) is 212 Å². The molecule has 368 valence electrons. The fourth-order valence-electron chi connectivity index (χ4n) is 8.57. The highest BCUT2D eigenvalue weighted by molar-refractivity contribution is 5.71. The van der Waals surface area contributed by atoms with Crippen LogP contribution < -0.4 is 0 Å². The molecule has 0 aliphatic rings. The summed E-state index contributed by atoms with van der Waals surface area (Å²) in [6.45, 7) is 9.06. The summed E-state index contributed by atoms with van der Waals surface area (Å²) in [7, 11) is 0. The lowest BCUT2D eigenvalue weighted by Gasteiger charge is -2.18. The van der Waals surface area contributed by atoms with E-state index in [0.29, 0.717) is 19.3 Å². The Kier molecular flexibility index (Phi) is 49.1. The van der Waals surface area contributed by atoms with E-state index >= 15 is 0 Å².